The Balaban J connectivity index is 2.55. The number of hydrogen-bond donors (Lipinski definition) is 0. The quantitative estimate of drug-likeness (QED) is 0.627. The summed E-state index contributed by atoms with van der Waals surface area (Å²) in [5.74, 6) is -0.318. The maximum Gasteiger partial charge on any atom is 0.306 e. The molecule has 0 unspecified atom stereocenters. The van der Waals surface area contributed by atoms with Crippen molar-refractivity contribution in [3.63, 3.8) is 0 Å². The Morgan fingerprint density at radius 2 is 2.10 bits per heavy atom. The van der Waals surface area contributed by atoms with Crippen molar-refractivity contribution in [2.24, 2.45) is 0 Å². The zero-order valence-electron chi connectivity index (χ0n) is 12.8. The minimum absolute atomic E-state index is 0.00959. The Bertz CT molecular complexity index is 486. The van der Waals surface area contributed by atoms with Crippen LogP contribution in [0.25, 0.3) is 0 Å². The van der Waals surface area contributed by atoms with E-state index in [9.17, 15) is 9.59 Å². The van der Waals surface area contributed by atoms with Crippen molar-refractivity contribution in [3.05, 3.63) is 16.4 Å². The first-order valence-corrected chi connectivity index (χ1v) is 7.75. The molecular formula is C14H22BrN3O3. The average Bonchev–Trinajstić information content (AvgIpc) is 2.76. The Morgan fingerprint density at radius 1 is 1.38 bits per heavy atom. The molecule has 7 heteroatoms. The van der Waals surface area contributed by atoms with Crippen LogP contribution in [0.4, 0.5) is 0 Å². The second-order valence-corrected chi connectivity index (χ2v) is 5.84. The van der Waals surface area contributed by atoms with Crippen LogP contribution < -0.4 is 0 Å². The highest BCUT2D eigenvalue weighted by Crippen LogP contribution is 2.17. The molecule has 0 saturated heterocycles. The van der Waals surface area contributed by atoms with Gasteiger partial charge in [0.15, 0.2) is 0 Å². The van der Waals surface area contributed by atoms with Gasteiger partial charge < -0.3 is 9.64 Å². The third-order valence-electron chi connectivity index (χ3n) is 2.93. The molecule has 0 spiro atoms. The summed E-state index contributed by atoms with van der Waals surface area (Å²) in [6.45, 7) is 3.66. The summed E-state index contributed by atoms with van der Waals surface area (Å²) in [7, 11) is 3.98. The van der Waals surface area contributed by atoms with Gasteiger partial charge >= 0.3 is 5.97 Å². The van der Waals surface area contributed by atoms with E-state index in [-0.39, 0.29) is 31.0 Å². The molecular weight excluding hydrogens is 338 g/mol. The maximum atomic E-state index is 12.0. The van der Waals surface area contributed by atoms with Gasteiger partial charge in [0.1, 0.15) is 5.78 Å². The van der Waals surface area contributed by atoms with Crippen LogP contribution in [-0.2, 0) is 27.3 Å². The van der Waals surface area contributed by atoms with Crippen LogP contribution in [0.3, 0.4) is 0 Å². The fraction of sp³-hybridized carbons (Fsp3) is 0.643. The number of Topliss-reactive ketones (excluding diaryl/α,β-unsaturated/α-hetero) is 1. The number of halogens is 1. The van der Waals surface area contributed by atoms with Crippen molar-refractivity contribution in [2.75, 3.05) is 27.2 Å². The number of hydrogen-bond acceptors (Lipinski definition) is 5. The van der Waals surface area contributed by atoms with Gasteiger partial charge in [-0.25, -0.2) is 0 Å². The Hall–Kier alpha value is -1.21. The number of carbonyl (C=O) groups excluding carboxylic acids is 2. The summed E-state index contributed by atoms with van der Waals surface area (Å²) in [4.78, 5) is 25.3. The van der Waals surface area contributed by atoms with E-state index in [0.29, 0.717) is 6.61 Å². The van der Waals surface area contributed by atoms with Crippen LogP contribution >= 0.6 is 15.9 Å². The van der Waals surface area contributed by atoms with Crippen LogP contribution in [0.5, 0.6) is 0 Å². The van der Waals surface area contributed by atoms with Gasteiger partial charge in [-0.3, -0.25) is 14.3 Å². The van der Waals surface area contributed by atoms with E-state index in [2.05, 4.69) is 25.9 Å². The molecule has 1 aromatic rings. The van der Waals surface area contributed by atoms with Gasteiger partial charge in [-0.2, -0.15) is 5.10 Å². The normalized spacial score (nSPS) is 10.9. The Kier molecular flexibility index (Phi) is 7.60. The average molecular weight is 360 g/mol. The van der Waals surface area contributed by atoms with Crippen LogP contribution in [0.1, 0.15) is 25.5 Å². The highest BCUT2D eigenvalue weighted by Gasteiger charge is 2.15. The van der Waals surface area contributed by atoms with Crippen molar-refractivity contribution in [2.45, 2.75) is 32.7 Å². The number of rotatable bonds is 9. The van der Waals surface area contributed by atoms with Gasteiger partial charge in [-0.1, -0.05) is 0 Å². The number of ether oxygens (including phenoxy) is 1. The van der Waals surface area contributed by atoms with Gasteiger partial charge in [-0.15, -0.1) is 0 Å². The zero-order chi connectivity index (χ0) is 15.8. The minimum Gasteiger partial charge on any atom is -0.466 e. The van der Waals surface area contributed by atoms with Crippen LogP contribution in [0.2, 0.25) is 0 Å². The topological polar surface area (TPSA) is 64.4 Å². The number of esters is 1. The summed E-state index contributed by atoms with van der Waals surface area (Å²) in [5, 5.41) is 4.26. The molecule has 0 aliphatic carbocycles. The van der Waals surface area contributed by atoms with Gasteiger partial charge in [0.05, 0.1) is 35.9 Å². The SMILES string of the molecule is CCOC(=O)CCC(=O)Cc1c(Br)cnn1CCN(C)C. The largest absolute Gasteiger partial charge is 0.466 e. The highest BCUT2D eigenvalue weighted by molar-refractivity contribution is 9.10. The van der Waals surface area contributed by atoms with E-state index >= 15 is 0 Å². The molecule has 0 aliphatic heterocycles. The number of likely N-dealkylation sites (N-methyl/N-ethyl adjacent to an activating group) is 1. The lowest BCUT2D eigenvalue weighted by molar-refractivity contribution is -0.144. The molecule has 0 bridgehead atoms. The minimum atomic E-state index is -0.328. The molecule has 0 atom stereocenters. The van der Waals surface area contributed by atoms with E-state index in [1.54, 1.807) is 13.1 Å². The third kappa shape index (κ3) is 6.39. The lowest BCUT2D eigenvalue weighted by atomic mass is 10.1. The number of carbonyl (C=O) groups is 2. The van der Waals surface area contributed by atoms with Crippen molar-refractivity contribution in [1.29, 1.82) is 0 Å². The zero-order valence-corrected chi connectivity index (χ0v) is 14.4. The van der Waals surface area contributed by atoms with E-state index in [1.165, 1.54) is 0 Å². The predicted octanol–water partition coefficient (Wildman–Crippen LogP) is 1.66. The predicted molar refractivity (Wildman–Crippen MR) is 83.1 cm³/mol. The number of aromatic nitrogens is 2. The second kappa shape index (κ2) is 8.94. The molecule has 1 aromatic heterocycles. The fourth-order valence-electron chi connectivity index (χ4n) is 1.80. The summed E-state index contributed by atoms with van der Waals surface area (Å²) < 4.78 is 7.47. The lowest BCUT2D eigenvalue weighted by Gasteiger charge is -2.12. The van der Waals surface area contributed by atoms with E-state index in [0.717, 1.165) is 23.3 Å². The second-order valence-electron chi connectivity index (χ2n) is 4.99. The molecule has 0 radical (unpaired) electrons. The maximum absolute atomic E-state index is 12.0. The molecule has 0 amide bonds. The van der Waals surface area contributed by atoms with Gasteiger partial charge in [0.2, 0.25) is 0 Å². The van der Waals surface area contributed by atoms with Gasteiger partial charge in [-0.05, 0) is 36.9 Å². The molecule has 1 heterocycles. The molecule has 0 N–H and O–H groups in total. The first kappa shape index (κ1) is 17.8. The first-order valence-electron chi connectivity index (χ1n) is 6.96. The molecule has 1 rings (SSSR count). The van der Waals surface area contributed by atoms with Gasteiger partial charge in [0, 0.05) is 19.4 Å². The van der Waals surface area contributed by atoms with Crippen molar-refractivity contribution < 1.29 is 14.3 Å². The summed E-state index contributed by atoms with van der Waals surface area (Å²) >= 11 is 3.42. The highest BCUT2D eigenvalue weighted by atomic mass is 79.9. The first-order chi connectivity index (χ1) is 9.93. The van der Waals surface area contributed by atoms with E-state index in [4.69, 9.17) is 4.74 Å². The molecule has 0 aliphatic rings. The summed E-state index contributed by atoms with van der Waals surface area (Å²) in [6, 6.07) is 0. The molecule has 0 aromatic carbocycles. The smallest absolute Gasteiger partial charge is 0.306 e. The van der Waals surface area contributed by atoms with E-state index < -0.39 is 0 Å². The van der Waals surface area contributed by atoms with Crippen molar-refractivity contribution >= 4 is 27.7 Å². The number of nitrogens with zero attached hydrogens (tertiary/aromatic N) is 3. The van der Waals surface area contributed by atoms with Crippen molar-refractivity contribution in [1.82, 2.24) is 14.7 Å². The van der Waals surface area contributed by atoms with E-state index in [1.807, 2.05) is 18.8 Å². The standard InChI is InChI=1S/C14H22BrN3O3/c1-4-21-14(20)6-5-11(19)9-13-12(15)10-16-18(13)8-7-17(2)3/h10H,4-9H2,1-3H3. The molecule has 0 saturated carbocycles. The number of ketones is 1. The summed E-state index contributed by atoms with van der Waals surface area (Å²) in [5.41, 5.74) is 0.853. The van der Waals surface area contributed by atoms with Crippen molar-refractivity contribution in [3.8, 4) is 0 Å². The fourth-order valence-corrected chi connectivity index (χ4v) is 2.24. The summed E-state index contributed by atoms with van der Waals surface area (Å²) in [6.07, 6.45) is 2.30. The van der Waals surface area contributed by atoms with Crippen LogP contribution in [-0.4, -0.2) is 53.7 Å². The monoisotopic (exact) mass is 359 g/mol. The Morgan fingerprint density at radius 3 is 2.71 bits per heavy atom. The van der Waals surface area contributed by atoms with Crippen LogP contribution in [0, 0.1) is 0 Å². The van der Waals surface area contributed by atoms with Gasteiger partial charge in [0.25, 0.3) is 0 Å². The third-order valence-corrected chi connectivity index (χ3v) is 3.60. The molecule has 118 valence electrons. The molecule has 21 heavy (non-hydrogen) atoms. The molecule has 6 nitrogen and oxygen atoms in total. The molecule has 0 fully saturated rings. The van der Waals surface area contributed by atoms with Crippen LogP contribution in [0.15, 0.2) is 10.7 Å². The lowest BCUT2D eigenvalue weighted by Crippen LogP contribution is -2.21. The Labute approximate surface area is 133 Å².